The number of carboxylic acids is 2. The van der Waals surface area contributed by atoms with Crippen molar-refractivity contribution in [2.75, 3.05) is 13.2 Å². The molecule has 2 heterocycles. The Morgan fingerprint density at radius 1 is 0.974 bits per heavy atom. The van der Waals surface area contributed by atoms with E-state index in [4.69, 9.17) is 29.3 Å². The largest absolute Gasteiger partial charge is 0.490 e. The molecule has 38 heavy (non-hydrogen) atoms. The van der Waals surface area contributed by atoms with Gasteiger partial charge in [0.15, 0.2) is 0 Å². The smallest absolute Gasteiger partial charge is 0.475 e. The molecule has 2 N–H and O–H groups in total. The summed E-state index contributed by atoms with van der Waals surface area (Å²) in [6.07, 6.45) is -6.30. The summed E-state index contributed by atoms with van der Waals surface area (Å²) < 4.78 is 88.6. The fraction of sp³-hybridized carbons (Fsp3) is 0.435. The van der Waals surface area contributed by atoms with Gasteiger partial charge in [-0.15, -0.1) is 0 Å². The van der Waals surface area contributed by atoms with E-state index in [-0.39, 0.29) is 18.0 Å². The summed E-state index contributed by atoms with van der Waals surface area (Å²) in [5.41, 5.74) is 1.13. The first-order valence-corrected chi connectivity index (χ1v) is 11.0. The van der Waals surface area contributed by atoms with E-state index in [1.165, 1.54) is 12.1 Å². The van der Waals surface area contributed by atoms with Crippen LogP contribution in [0.15, 0.2) is 48.7 Å². The molecule has 1 aromatic heterocycles. The lowest BCUT2D eigenvalue weighted by Gasteiger charge is -2.39. The van der Waals surface area contributed by atoms with Crippen LogP contribution in [0.4, 0.5) is 30.7 Å². The average molecular weight is 556 g/mol. The quantitative estimate of drug-likeness (QED) is 0.537. The number of halogens is 7. The highest BCUT2D eigenvalue weighted by Crippen LogP contribution is 2.33. The van der Waals surface area contributed by atoms with Gasteiger partial charge >= 0.3 is 24.3 Å². The molecule has 0 radical (unpaired) electrons. The van der Waals surface area contributed by atoms with Crippen LogP contribution in [0.25, 0.3) is 0 Å². The number of carboxylic acid groups (broad SMARTS) is 2. The van der Waals surface area contributed by atoms with E-state index in [0.29, 0.717) is 18.5 Å². The Morgan fingerprint density at radius 2 is 1.55 bits per heavy atom. The molecule has 1 aliphatic heterocycles. The van der Waals surface area contributed by atoms with Gasteiger partial charge in [0.05, 0.1) is 6.61 Å². The van der Waals surface area contributed by atoms with Crippen LogP contribution in [0.3, 0.4) is 0 Å². The summed E-state index contributed by atoms with van der Waals surface area (Å²) in [6, 6.07) is 12.8. The van der Waals surface area contributed by atoms with Gasteiger partial charge in [0.1, 0.15) is 18.0 Å². The number of hydrogen-bond acceptors (Lipinski definition) is 6. The van der Waals surface area contributed by atoms with E-state index in [2.05, 4.69) is 9.88 Å². The van der Waals surface area contributed by atoms with Crippen molar-refractivity contribution >= 4 is 11.9 Å². The van der Waals surface area contributed by atoms with Gasteiger partial charge < -0.3 is 19.7 Å². The molecule has 2 aromatic rings. The van der Waals surface area contributed by atoms with Gasteiger partial charge in [-0.3, -0.25) is 4.90 Å². The molecule has 2 aliphatic rings. The number of pyridine rings is 1. The molecule has 4 rings (SSSR count). The summed E-state index contributed by atoms with van der Waals surface area (Å²) in [4.78, 5) is 24.5. The van der Waals surface area contributed by atoms with Gasteiger partial charge in [0.25, 0.3) is 0 Å². The van der Waals surface area contributed by atoms with Crippen LogP contribution in [0.1, 0.15) is 18.4 Å². The number of alkyl halides is 6. The third-order valence-corrected chi connectivity index (χ3v) is 5.34. The monoisotopic (exact) mass is 556 g/mol. The predicted octanol–water partition coefficient (Wildman–Crippen LogP) is 4.30. The second kappa shape index (κ2) is 13.4. The number of aliphatic carboxylic acids is 2. The van der Waals surface area contributed by atoms with Crippen LogP contribution in [0.5, 0.6) is 5.88 Å². The number of hydrogen-bond donors (Lipinski definition) is 2. The lowest BCUT2D eigenvalue weighted by Crippen LogP contribution is -2.51. The Hall–Kier alpha value is -3.46. The Labute approximate surface area is 211 Å². The molecule has 0 amide bonds. The number of aromatic nitrogens is 1. The molecule has 1 aliphatic carbocycles. The first kappa shape index (κ1) is 30.8. The maximum Gasteiger partial charge on any atom is 0.490 e. The van der Waals surface area contributed by atoms with E-state index in [1.807, 2.05) is 30.3 Å². The van der Waals surface area contributed by atoms with Crippen molar-refractivity contribution < 1.29 is 60.0 Å². The van der Waals surface area contributed by atoms with Crippen molar-refractivity contribution in [3.05, 3.63) is 60.0 Å². The lowest BCUT2D eigenvalue weighted by atomic mass is 10.1. The van der Waals surface area contributed by atoms with Gasteiger partial charge in [-0.2, -0.15) is 26.3 Å². The third kappa shape index (κ3) is 9.78. The first-order chi connectivity index (χ1) is 17.7. The normalized spacial score (nSPS) is 21.2. The van der Waals surface area contributed by atoms with Crippen molar-refractivity contribution in [3.63, 3.8) is 0 Å². The van der Waals surface area contributed by atoms with Crippen LogP contribution >= 0.6 is 0 Å². The topological polar surface area (TPSA) is 109 Å². The Bertz CT molecular complexity index is 1010. The average Bonchev–Trinajstić information content (AvgIpc) is 3.24. The molecule has 1 saturated carbocycles. The van der Waals surface area contributed by atoms with Crippen LogP contribution in [0, 0.1) is 5.82 Å². The molecule has 1 saturated heterocycles. The van der Waals surface area contributed by atoms with Crippen molar-refractivity contribution in [1.82, 2.24) is 9.88 Å². The highest BCUT2D eigenvalue weighted by atomic mass is 19.4. The second-order valence-corrected chi connectivity index (χ2v) is 8.01. The molecular formula is C23H23F7N2O6. The minimum Gasteiger partial charge on any atom is -0.475 e. The Morgan fingerprint density at radius 3 is 2.05 bits per heavy atom. The fourth-order valence-electron chi connectivity index (χ4n) is 3.71. The lowest BCUT2D eigenvalue weighted by molar-refractivity contribution is -0.193. The number of ether oxygens (including phenoxy) is 2. The van der Waals surface area contributed by atoms with E-state index >= 15 is 0 Å². The van der Waals surface area contributed by atoms with Crippen molar-refractivity contribution in [3.8, 4) is 5.88 Å². The van der Waals surface area contributed by atoms with E-state index in [9.17, 15) is 30.7 Å². The molecule has 1 aromatic carbocycles. The van der Waals surface area contributed by atoms with Gasteiger partial charge in [-0.05, 0) is 36.6 Å². The fourth-order valence-corrected chi connectivity index (χ4v) is 3.71. The zero-order valence-corrected chi connectivity index (χ0v) is 19.5. The molecule has 2 fully saturated rings. The molecule has 3 atom stereocenters. The van der Waals surface area contributed by atoms with Crippen LogP contribution in [0.2, 0.25) is 0 Å². The van der Waals surface area contributed by atoms with E-state index in [1.54, 1.807) is 6.20 Å². The highest BCUT2D eigenvalue weighted by molar-refractivity contribution is 5.73. The van der Waals surface area contributed by atoms with Gasteiger partial charge in [-0.1, -0.05) is 18.2 Å². The maximum atomic E-state index is 13.1. The summed E-state index contributed by atoms with van der Waals surface area (Å²) in [5.74, 6) is -5.05. The van der Waals surface area contributed by atoms with E-state index < -0.39 is 24.3 Å². The molecule has 0 spiro atoms. The summed E-state index contributed by atoms with van der Waals surface area (Å²) in [6.45, 7) is 2.42. The highest BCUT2D eigenvalue weighted by Gasteiger charge is 2.44. The zero-order chi connectivity index (χ0) is 28.5. The Kier molecular flexibility index (Phi) is 10.8. The van der Waals surface area contributed by atoms with Crippen molar-refractivity contribution in [2.24, 2.45) is 0 Å². The molecular weight excluding hydrogens is 533 g/mol. The van der Waals surface area contributed by atoms with Crippen LogP contribution < -0.4 is 4.74 Å². The molecule has 15 heteroatoms. The number of benzene rings is 1. The number of carbonyl (C=O) groups is 2. The number of rotatable bonds is 4. The predicted molar refractivity (Wildman–Crippen MR) is 116 cm³/mol. The molecule has 0 bridgehead atoms. The molecule has 8 nitrogen and oxygen atoms in total. The SMILES string of the molecule is Fc1ccc(CN2CCO[C@H]3[C@H](Oc4ccccn4)CC[C@@H]32)cc1.O=C(O)C(F)(F)F.O=C(O)C(F)(F)F. The minimum absolute atomic E-state index is 0.0425. The summed E-state index contributed by atoms with van der Waals surface area (Å²) >= 11 is 0. The van der Waals surface area contributed by atoms with Crippen LogP contribution in [-0.4, -0.2) is 75.8 Å². The zero-order valence-electron chi connectivity index (χ0n) is 19.5. The number of fused-ring (bicyclic) bond motifs is 1. The van der Waals surface area contributed by atoms with Crippen molar-refractivity contribution in [1.29, 1.82) is 0 Å². The maximum absolute atomic E-state index is 13.1. The number of nitrogens with zero attached hydrogens (tertiary/aromatic N) is 2. The van der Waals surface area contributed by atoms with Gasteiger partial charge in [0, 0.05) is 31.4 Å². The van der Waals surface area contributed by atoms with E-state index in [0.717, 1.165) is 31.5 Å². The number of morpholine rings is 1. The van der Waals surface area contributed by atoms with Gasteiger partial charge in [0.2, 0.25) is 5.88 Å². The van der Waals surface area contributed by atoms with Crippen LogP contribution in [-0.2, 0) is 20.9 Å². The van der Waals surface area contributed by atoms with Gasteiger partial charge in [-0.25, -0.2) is 19.0 Å². The van der Waals surface area contributed by atoms with Crippen molar-refractivity contribution in [2.45, 2.75) is 50.0 Å². The first-order valence-electron chi connectivity index (χ1n) is 11.0. The second-order valence-electron chi connectivity index (χ2n) is 8.01. The Balaban J connectivity index is 0.000000301. The third-order valence-electron chi connectivity index (χ3n) is 5.34. The summed E-state index contributed by atoms with van der Waals surface area (Å²) in [5, 5.41) is 14.2. The summed E-state index contributed by atoms with van der Waals surface area (Å²) in [7, 11) is 0. The molecule has 0 unspecified atom stereocenters. The minimum atomic E-state index is -5.08. The standard InChI is InChI=1S/C19H21FN2O2.2C2HF3O2/c20-15-6-4-14(5-7-15)13-22-11-12-23-19-16(22)8-9-17(19)24-18-3-1-2-10-21-18;2*3-2(4,5)1(6)7/h1-7,10,16-17,19H,8-9,11-13H2;2*(H,6,7)/t16-,17+,19+;;/m0../s1. The molecule has 210 valence electrons.